The number of benzene rings is 1. The summed E-state index contributed by atoms with van der Waals surface area (Å²) >= 11 is 0. The quantitative estimate of drug-likeness (QED) is 0.767. The van der Waals surface area contributed by atoms with Crippen LogP contribution in [0.5, 0.6) is 0 Å². The Balaban J connectivity index is 2.25. The van der Waals surface area contributed by atoms with Gasteiger partial charge in [0.05, 0.1) is 6.42 Å². The Morgan fingerprint density at radius 3 is 2.67 bits per heavy atom. The van der Waals surface area contributed by atoms with Crippen LogP contribution in [-0.4, -0.2) is 38.0 Å². The molecule has 0 bridgehead atoms. The molecule has 0 unspecified atom stereocenters. The van der Waals surface area contributed by atoms with Crippen LogP contribution in [0.2, 0.25) is 0 Å². The maximum absolute atomic E-state index is 11.5. The van der Waals surface area contributed by atoms with Crippen LogP contribution < -0.4 is 5.32 Å². The molecule has 3 nitrogen and oxygen atoms in total. The summed E-state index contributed by atoms with van der Waals surface area (Å²) in [6.45, 7) is 1.57. The summed E-state index contributed by atoms with van der Waals surface area (Å²) in [4.78, 5) is 13.5. The van der Waals surface area contributed by atoms with Crippen LogP contribution in [0.1, 0.15) is 5.56 Å². The zero-order valence-corrected chi connectivity index (χ0v) is 9.29. The van der Waals surface area contributed by atoms with Gasteiger partial charge in [-0.3, -0.25) is 4.79 Å². The van der Waals surface area contributed by atoms with Crippen molar-refractivity contribution < 1.29 is 4.79 Å². The molecule has 0 aliphatic heterocycles. The molecule has 3 heteroatoms. The number of rotatable bonds is 5. The van der Waals surface area contributed by atoms with Gasteiger partial charge in [0.25, 0.3) is 0 Å². The highest BCUT2D eigenvalue weighted by Gasteiger charge is 2.01. The van der Waals surface area contributed by atoms with Crippen molar-refractivity contribution in [1.82, 2.24) is 10.2 Å². The number of carbonyl (C=O) groups excluding carboxylic acids is 1. The third-order valence-electron chi connectivity index (χ3n) is 2.03. The van der Waals surface area contributed by atoms with E-state index < -0.39 is 0 Å². The van der Waals surface area contributed by atoms with Crippen molar-refractivity contribution in [2.24, 2.45) is 0 Å². The van der Waals surface area contributed by atoms with E-state index in [4.69, 9.17) is 0 Å². The summed E-state index contributed by atoms with van der Waals surface area (Å²) in [5, 5.41) is 2.87. The Morgan fingerprint density at radius 1 is 1.40 bits per heavy atom. The maximum Gasteiger partial charge on any atom is 0.224 e. The lowest BCUT2D eigenvalue weighted by Gasteiger charge is -2.10. The second-order valence-corrected chi connectivity index (χ2v) is 3.74. The Labute approximate surface area is 91.1 Å². The molecule has 81 valence electrons. The molecule has 1 aromatic rings. The molecule has 1 N–H and O–H groups in total. The van der Waals surface area contributed by atoms with Gasteiger partial charge in [0.15, 0.2) is 0 Å². The standard InChI is InChI=1S/C12H17N2O/c1-14(2)9-8-13-12(15)10-11-6-4-3-5-7-11/h4-7H,8-10H2,1-2H3,(H,13,15). The van der Waals surface area contributed by atoms with E-state index in [0.29, 0.717) is 13.0 Å². The molecule has 0 spiro atoms. The van der Waals surface area contributed by atoms with Crippen LogP contribution >= 0.6 is 0 Å². The van der Waals surface area contributed by atoms with E-state index in [1.165, 1.54) is 0 Å². The molecule has 0 atom stereocenters. The van der Waals surface area contributed by atoms with Crippen LogP contribution in [0.4, 0.5) is 0 Å². The average Bonchev–Trinajstić information content (AvgIpc) is 2.18. The van der Waals surface area contributed by atoms with Crippen molar-refractivity contribution in [3.63, 3.8) is 0 Å². The highest BCUT2D eigenvalue weighted by Crippen LogP contribution is 1.98. The number of amides is 1. The van der Waals surface area contributed by atoms with Crippen molar-refractivity contribution in [3.05, 3.63) is 35.9 Å². The zero-order chi connectivity index (χ0) is 11.1. The first kappa shape index (κ1) is 11.7. The molecule has 0 aliphatic rings. The summed E-state index contributed by atoms with van der Waals surface area (Å²) in [6, 6.07) is 10.4. The maximum atomic E-state index is 11.5. The van der Waals surface area contributed by atoms with Gasteiger partial charge in [0.1, 0.15) is 0 Å². The van der Waals surface area contributed by atoms with Crippen molar-refractivity contribution >= 4 is 5.91 Å². The van der Waals surface area contributed by atoms with E-state index >= 15 is 0 Å². The van der Waals surface area contributed by atoms with Gasteiger partial charge in [-0.25, -0.2) is 0 Å². The predicted octanol–water partition coefficient (Wildman–Crippen LogP) is 0.707. The fraction of sp³-hybridized carbons (Fsp3) is 0.417. The van der Waals surface area contributed by atoms with E-state index in [1.807, 2.05) is 43.3 Å². The SMILES string of the molecule is CN(C)CCNC(=O)Cc1cc[c]cc1. The largest absolute Gasteiger partial charge is 0.355 e. The first-order valence-corrected chi connectivity index (χ1v) is 5.05. The minimum Gasteiger partial charge on any atom is -0.355 e. The normalized spacial score (nSPS) is 10.3. The fourth-order valence-electron chi connectivity index (χ4n) is 1.21. The Bertz CT molecular complexity index is 296. The fourth-order valence-corrected chi connectivity index (χ4v) is 1.21. The second kappa shape index (κ2) is 6.19. The lowest BCUT2D eigenvalue weighted by atomic mass is 10.1. The summed E-state index contributed by atoms with van der Waals surface area (Å²) in [7, 11) is 3.97. The summed E-state index contributed by atoms with van der Waals surface area (Å²) in [5.74, 6) is 0.0723. The molecule has 0 aliphatic carbocycles. The van der Waals surface area contributed by atoms with E-state index in [-0.39, 0.29) is 5.91 Å². The first-order valence-electron chi connectivity index (χ1n) is 5.05. The predicted molar refractivity (Wildman–Crippen MR) is 60.5 cm³/mol. The van der Waals surface area contributed by atoms with E-state index in [0.717, 1.165) is 12.1 Å². The van der Waals surface area contributed by atoms with Crippen LogP contribution in [-0.2, 0) is 11.2 Å². The second-order valence-electron chi connectivity index (χ2n) is 3.74. The zero-order valence-electron chi connectivity index (χ0n) is 9.29. The summed E-state index contributed by atoms with van der Waals surface area (Å²) < 4.78 is 0. The highest BCUT2D eigenvalue weighted by molar-refractivity contribution is 5.78. The number of carbonyl (C=O) groups is 1. The van der Waals surface area contributed by atoms with Crippen LogP contribution in [0, 0.1) is 6.07 Å². The minimum atomic E-state index is 0.0723. The van der Waals surface area contributed by atoms with E-state index in [1.54, 1.807) is 0 Å². The molecule has 1 amide bonds. The van der Waals surface area contributed by atoms with Crippen LogP contribution in [0.25, 0.3) is 0 Å². The molecule has 0 heterocycles. The number of likely N-dealkylation sites (N-methyl/N-ethyl adjacent to an activating group) is 1. The number of hydrogen-bond donors (Lipinski definition) is 1. The smallest absolute Gasteiger partial charge is 0.224 e. The summed E-state index contributed by atoms with van der Waals surface area (Å²) in [6.07, 6.45) is 0.447. The molecule has 0 fully saturated rings. The van der Waals surface area contributed by atoms with Gasteiger partial charge in [0.2, 0.25) is 5.91 Å². The molecular weight excluding hydrogens is 188 g/mol. The molecular formula is C12H17N2O. The first-order chi connectivity index (χ1) is 7.18. The Hall–Kier alpha value is -1.35. The molecule has 1 aromatic carbocycles. The van der Waals surface area contributed by atoms with Gasteiger partial charge >= 0.3 is 0 Å². The lowest BCUT2D eigenvalue weighted by Crippen LogP contribution is -2.32. The monoisotopic (exact) mass is 205 g/mol. The number of hydrogen-bond acceptors (Lipinski definition) is 2. The van der Waals surface area contributed by atoms with Gasteiger partial charge < -0.3 is 10.2 Å². The van der Waals surface area contributed by atoms with Crippen LogP contribution in [0.3, 0.4) is 0 Å². The lowest BCUT2D eigenvalue weighted by molar-refractivity contribution is -0.120. The van der Waals surface area contributed by atoms with Gasteiger partial charge in [-0.15, -0.1) is 0 Å². The molecule has 15 heavy (non-hydrogen) atoms. The van der Waals surface area contributed by atoms with Gasteiger partial charge in [0, 0.05) is 13.1 Å². The van der Waals surface area contributed by atoms with E-state index in [2.05, 4.69) is 11.4 Å². The van der Waals surface area contributed by atoms with Crippen LogP contribution in [0.15, 0.2) is 24.3 Å². The van der Waals surface area contributed by atoms with Crippen molar-refractivity contribution in [3.8, 4) is 0 Å². The topological polar surface area (TPSA) is 32.3 Å². The Kier molecular flexibility index (Phi) is 4.84. The minimum absolute atomic E-state index is 0.0723. The van der Waals surface area contributed by atoms with Crippen molar-refractivity contribution in [2.75, 3.05) is 27.2 Å². The number of nitrogens with zero attached hydrogens (tertiary/aromatic N) is 1. The third-order valence-corrected chi connectivity index (χ3v) is 2.03. The third kappa shape index (κ3) is 5.18. The molecule has 0 aromatic heterocycles. The number of nitrogens with one attached hydrogen (secondary N) is 1. The molecule has 0 saturated carbocycles. The average molecular weight is 205 g/mol. The van der Waals surface area contributed by atoms with Crippen molar-refractivity contribution in [1.29, 1.82) is 0 Å². The van der Waals surface area contributed by atoms with Gasteiger partial charge in [-0.2, -0.15) is 0 Å². The van der Waals surface area contributed by atoms with Gasteiger partial charge in [-0.1, -0.05) is 24.3 Å². The molecule has 1 rings (SSSR count). The van der Waals surface area contributed by atoms with E-state index in [9.17, 15) is 4.79 Å². The molecule has 1 radical (unpaired) electrons. The summed E-state index contributed by atoms with van der Waals surface area (Å²) in [5.41, 5.74) is 1.02. The van der Waals surface area contributed by atoms with Gasteiger partial charge in [-0.05, 0) is 25.7 Å². The molecule has 0 saturated heterocycles. The highest BCUT2D eigenvalue weighted by atomic mass is 16.1. The van der Waals surface area contributed by atoms with Crippen molar-refractivity contribution in [2.45, 2.75) is 6.42 Å². The Morgan fingerprint density at radius 2 is 2.07 bits per heavy atom.